The number of nitrogens with zero attached hydrogens (tertiary/aromatic N) is 3. The van der Waals surface area contributed by atoms with Gasteiger partial charge in [0.2, 0.25) is 0 Å². The van der Waals surface area contributed by atoms with Crippen LogP contribution in [0.5, 0.6) is 0 Å². The second-order valence-electron chi connectivity index (χ2n) is 2.23. The Morgan fingerprint density at radius 2 is 2.42 bits per heavy atom. The molecule has 0 radical (unpaired) electrons. The third-order valence-corrected chi connectivity index (χ3v) is 1.35. The molecule has 0 aromatic carbocycles. The Bertz CT molecular complexity index is 367. The van der Waals surface area contributed by atoms with Crippen LogP contribution < -0.4 is 0 Å². The molecule has 0 fully saturated rings. The molecule has 1 aromatic rings. The molecule has 0 N–H and O–H groups in total. The van der Waals surface area contributed by atoms with E-state index in [-0.39, 0.29) is 5.82 Å². The molecule has 0 amide bonds. The van der Waals surface area contributed by atoms with Gasteiger partial charge in [-0.25, -0.2) is 0 Å². The first kappa shape index (κ1) is 8.14. The summed E-state index contributed by atoms with van der Waals surface area (Å²) < 4.78 is 0. The number of rotatable bonds is 1. The Hall–Kier alpha value is -1.96. The molecule has 0 aliphatic carbocycles. The molecular weight excluding hydrogens is 158 g/mol. The van der Waals surface area contributed by atoms with Gasteiger partial charge in [-0.05, 0) is 22.9 Å². The molecule has 5 heteroatoms. The van der Waals surface area contributed by atoms with E-state index >= 15 is 0 Å². The van der Waals surface area contributed by atoms with Crippen LogP contribution in [0.15, 0.2) is 12.3 Å². The fourth-order valence-corrected chi connectivity index (χ4v) is 0.820. The average Bonchev–Trinajstić information content (AvgIpc) is 2.03. The second kappa shape index (κ2) is 2.96. The largest absolute Gasteiger partial charge is 0.366 e. The molecule has 60 valence electrons. The molecule has 0 saturated carbocycles. The molecule has 0 atom stereocenters. The molecule has 0 aliphatic heterocycles. The zero-order chi connectivity index (χ0) is 9.14. The van der Waals surface area contributed by atoms with Crippen molar-refractivity contribution in [1.29, 1.82) is 5.26 Å². The molecule has 0 saturated heterocycles. The summed E-state index contributed by atoms with van der Waals surface area (Å²) in [5.74, 6) is -0.200. The highest BCUT2D eigenvalue weighted by Crippen LogP contribution is 2.13. The third kappa shape index (κ3) is 1.37. The van der Waals surface area contributed by atoms with E-state index in [1.54, 1.807) is 6.92 Å². The van der Waals surface area contributed by atoms with E-state index in [1.807, 2.05) is 6.07 Å². The van der Waals surface area contributed by atoms with E-state index in [4.69, 9.17) is 5.26 Å². The van der Waals surface area contributed by atoms with Crippen molar-refractivity contribution in [2.45, 2.75) is 6.92 Å². The molecule has 0 spiro atoms. The normalized spacial score (nSPS) is 9.00. The summed E-state index contributed by atoms with van der Waals surface area (Å²) in [6.07, 6.45) is 1.19. The van der Waals surface area contributed by atoms with Gasteiger partial charge >= 0.3 is 5.82 Å². The van der Waals surface area contributed by atoms with E-state index in [0.717, 1.165) is 0 Å². The number of nitriles is 1. The standard InChI is InChI=1S/C7H5N3O2/c1-5-2-6(3-8)4-9-7(5)10(11)12/h2,4H,1H3. The van der Waals surface area contributed by atoms with Crippen molar-refractivity contribution in [2.24, 2.45) is 0 Å². The summed E-state index contributed by atoms with van der Waals surface area (Å²) in [7, 11) is 0. The van der Waals surface area contributed by atoms with E-state index < -0.39 is 4.92 Å². The number of nitro groups is 1. The number of aromatic nitrogens is 1. The maximum Gasteiger partial charge on any atom is 0.366 e. The monoisotopic (exact) mass is 163 g/mol. The lowest BCUT2D eigenvalue weighted by Crippen LogP contribution is -1.95. The second-order valence-corrected chi connectivity index (χ2v) is 2.23. The molecule has 0 unspecified atom stereocenters. The predicted molar refractivity (Wildman–Crippen MR) is 40.3 cm³/mol. The number of hydrogen-bond acceptors (Lipinski definition) is 4. The van der Waals surface area contributed by atoms with Crippen LogP contribution in [-0.2, 0) is 0 Å². The van der Waals surface area contributed by atoms with Gasteiger partial charge in [-0.15, -0.1) is 0 Å². The first-order chi connectivity index (χ1) is 5.65. The van der Waals surface area contributed by atoms with Crippen molar-refractivity contribution in [1.82, 2.24) is 4.98 Å². The summed E-state index contributed by atoms with van der Waals surface area (Å²) >= 11 is 0. The van der Waals surface area contributed by atoms with Gasteiger partial charge in [-0.1, -0.05) is 0 Å². The van der Waals surface area contributed by atoms with E-state index in [2.05, 4.69) is 4.98 Å². The van der Waals surface area contributed by atoms with Gasteiger partial charge in [0.1, 0.15) is 6.07 Å². The summed E-state index contributed by atoms with van der Waals surface area (Å²) in [5.41, 5.74) is 0.733. The van der Waals surface area contributed by atoms with Crippen molar-refractivity contribution in [3.63, 3.8) is 0 Å². The predicted octanol–water partition coefficient (Wildman–Crippen LogP) is 1.17. The molecule has 0 bridgehead atoms. The van der Waals surface area contributed by atoms with Crippen LogP contribution in [0.3, 0.4) is 0 Å². The molecule has 0 aliphatic rings. The molecule has 5 nitrogen and oxygen atoms in total. The fraction of sp³-hybridized carbons (Fsp3) is 0.143. The minimum atomic E-state index is -0.573. The smallest absolute Gasteiger partial charge is 0.358 e. The molecule has 1 rings (SSSR count). The van der Waals surface area contributed by atoms with E-state index in [0.29, 0.717) is 11.1 Å². The van der Waals surface area contributed by atoms with Gasteiger partial charge < -0.3 is 10.1 Å². The topological polar surface area (TPSA) is 79.8 Å². The Morgan fingerprint density at radius 3 is 2.83 bits per heavy atom. The van der Waals surface area contributed by atoms with Crippen LogP contribution in [0.2, 0.25) is 0 Å². The first-order valence-corrected chi connectivity index (χ1v) is 3.16. The highest BCUT2D eigenvalue weighted by molar-refractivity contribution is 5.38. The fourth-order valence-electron chi connectivity index (χ4n) is 0.820. The Morgan fingerprint density at radius 1 is 1.75 bits per heavy atom. The van der Waals surface area contributed by atoms with Crippen molar-refractivity contribution in [3.8, 4) is 6.07 Å². The summed E-state index contributed by atoms with van der Waals surface area (Å²) in [6.45, 7) is 1.55. The van der Waals surface area contributed by atoms with Crippen molar-refractivity contribution in [2.75, 3.05) is 0 Å². The molecular formula is C7H5N3O2. The number of pyridine rings is 1. The number of aryl methyl sites for hydroxylation is 1. The average molecular weight is 163 g/mol. The van der Waals surface area contributed by atoms with Gasteiger partial charge in [0.25, 0.3) is 0 Å². The SMILES string of the molecule is Cc1cc(C#N)cnc1[N+](=O)[O-]. The molecule has 12 heavy (non-hydrogen) atoms. The lowest BCUT2D eigenvalue weighted by atomic mass is 10.2. The van der Waals surface area contributed by atoms with Crippen molar-refractivity contribution >= 4 is 5.82 Å². The van der Waals surface area contributed by atoms with Gasteiger partial charge in [0.15, 0.2) is 6.20 Å². The minimum Gasteiger partial charge on any atom is -0.358 e. The number of hydrogen-bond donors (Lipinski definition) is 0. The van der Waals surface area contributed by atoms with Crippen LogP contribution >= 0.6 is 0 Å². The highest BCUT2D eigenvalue weighted by Gasteiger charge is 2.11. The van der Waals surface area contributed by atoms with Gasteiger partial charge in [0, 0.05) is 5.56 Å². The lowest BCUT2D eigenvalue weighted by Gasteiger charge is -1.94. The summed E-state index contributed by atoms with van der Waals surface area (Å²) in [6, 6.07) is 3.28. The van der Waals surface area contributed by atoms with Crippen LogP contribution in [0.1, 0.15) is 11.1 Å². The molecule has 1 heterocycles. The summed E-state index contributed by atoms with van der Waals surface area (Å²) in [4.78, 5) is 13.2. The zero-order valence-electron chi connectivity index (χ0n) is 6.31. The zero-order valence-corrected chi connectivity index (χ0v) is 6.31. The van der Waals surface area contributed by atoms with Crippen LogP contribution in [0.25, 0.3) is 0 Å². The Balaban J connectivity index is 3.23. The van der Waals surface area contributed by atoms with Crippen LogP contribution in [0, 0.1) is 28.4 Å². The van der Waals surface area contributed by atoms with Gasteiger partial charge in [0.05, 0.1) is 5.56 Å². The first-order valence-electron chi connectivity index (χ1n) is 3.16. The minimum absolute atomic E-state index is 0.200. The van der Waals surface area contributed by atoms with Crippen molar-refractivity contribution in [3.05, 3.63) is 33.5 Å². The lowest BCUT2D eigenvalue weighted by molar-refractivity contribution is -0.390. The third-order valence-electron chi connectivity index (χ3n) is 1.35. The highest BCUT2D eigenvalue weighted by atomic mass is 16.6. The quantitative estimate of drug-likeness (QED) is 0.459. The Kier molecular flexibility index (Phi) is 2.01. The summed E-state index contributed by atoms with van der Waals surface area (Å²) in [5, 5.41) is 18.7. The molecule has 1 aromatic heterocycles. The van der Waals surface area contributed by atoms with Crippen molar-refractivity contribution < 1.29 is 4.92 Å². The van der Waals surface area contributed by atoms with E-state index in [1.165, 1.54) is 12.3 Å². The van der Waals surface area contributed by atoms with Gasteiger partial charge in [-0.3, -0.25) is 0 Å². The van der Waals surface area contributed by atoms with Crippen LogP contribution in [0.4, 0.5) is 5.82 Å². The van der Waals surface area contributed by atoms with Gasteiger partial charge in [-0.2, -0.15) is 5.26 Å². The maximum atomic E-state index is 10.3. The maximum absolute atomic E-state index is 10.3. The van der Waals surface area contributed by atoms with Crippen LogP contribution in [-0.4, -0.2) is 9.91 Å². The van der Waals surface area contributed by atoms with E-state index in [9.17, 15) is 10.1 Å². The Labute approximate surface area is 68.4 Å².